The third-order valence-corrected chi connectivity index (χ3v) is 7.84. The lowest BCUT2D eigenvalue weighted by Crippen LogP contribution is -2.20. The maximum absolute atomic E-state index is 13.3. The van der Waals surface area contributed by atoms with Crippen LogP contribution in [0.2, 0.25) is 0 Å². The van der Waals surface area contributed by atoms with Crippen LogP contribution in [0.1, 0.15) is 86.8 Å². The summed E-state index contributed by atoms with van der Waals surface area (Å²) in [6, 6.07) is 9.42. The van der Waals surface area contributed by atoms with Gasteiger partial charge in [-0.25, -0.2) is 4.21 Å². The van der Waals surface area contributed by atoms with Gasteiger partial charge in [-0.1, -0.05) is 45.9 Å². The van der Waals surface area contributed by atoms with E-state index in [-0.39, 0.29) is 0 Å². The van der Waals surface area contributed by atoms with E-state index >= 15 is 0 Å². The van der Waals surface area contributed by atoms with Crippen LogP contribution in [-0.4, -0.2) is 15.2 Å². The molecule has 4 rings (SSSR count). The fourth-order valence-corrected chi connectivity index (χ4v) is 5.96. The molecule has 0 saturated heterocycles. The molecular weight excluding hydrogens is 408 g/mol. The van der Waals surface area contributed by atoms with Crippen molar-refractivity contribution < 1.29 is 14.1 Å². The first-order valence-electron chi connectivity index (χ1n) is 10.9. The van der Waals surface area contributed by atoms with E-state index in [0.29, 0.717) is 47.8 Å². The molecule has 1 N–H and O–H groups in total. The fourth-order valence-electron chi connectivity index (χ4n) is 4.50. The molecule has 166 valence electrons. The molecule has 0 fully saturated rings. The highest BCUT2D eigenvalue weighted by Crippen LogP contribution is 2.38. The van der Waals surface area contributed by atoms with Crippen LogP contribution in [0.25, 0.3) is 0 Å². The SMILES string of the molecule is CC(C)c1cc2c(c(C(C)C)c1CC1=NS(=O)(c3cccc(C(C)(C)O)c3)=N1)COC2. The van der Waals surface area contributed by atoms with Gasteiger partial charge in [-0.2, -0.15) is 8.76 Å². The molecule has 1 unspecified atom stereocenters. The molecular formula is C25H32N2O3S. The topological polar surface area (TPSA) is 71.2 Å². The third kappa shape index (κ3) is 4.09. The molecule has 5 nitrogen and oxygen atoms in total. The maximum Gasteiger partial charge on any atom is 0.187 e. The molecule has 0 spiro atoms. The molecule has 2 aliphatic rings. The van der Waals surface area contributed by atoms with Gasteiger partial charge < -0.3 is 9.84 Å². The molecule has 0 aliphatic carbocycles. The number of ether oxygens (including phenoxy) is 1. The molecule has 0 amide bonds. The predicted molar refractivity (Wildman–Crippen MR) is 125 cm³/mol. The summed E-state index contributed by atoms with van der Waals surface area (Å²) >= 11 is 0. The Bertz CT molecular complexity index is 1180. The summed E-state index contributed by atoms with van der Waals surface area (Å²) in [5, 5.41) is 10.3. The number of fused-ring (bicyclic) bond motifs is 1. The molecule has 0 saturated carbocycles. The van der Waals surface area contributed by atoms with Crippen molar-refractivity contribution in [2.24, 2.45) is 8.76 Å². The summed E-state index contributed by atoms with van der Waals surface area (Å²) in [4.78, 5) is 0.548. The Hall–Kier alpha value is -2.02. The summed E-state index contributed by atoms with van der Waals surface area (Å²) in [7, 11) is -2.82. The predicted octanol–water partition coefficient (Wildman–Crippen LogP) is 5.59. The van der Waals surface area contributed by atoms with Gasteiger partial charge in [0, 0.05) is 6.42 Å². The highest BCUT2D eigenvalue weighted by molar-refractivity contribution is 7.94. The van der Waals surface area contributed by atoms with E-state index in [4.69, 9.17) is 4.74 Å². The average molecular weight is 441 g/mol. The Balaban J connectivity index is 1.70. The number of aliphatic hydroxyl groups is 1. The highest BCUT2D eigenvalue weighted by Gasteiger charge is 2.29. The van der Waals surface area contributed by atoms with Gasteiger partial charge in [0.15, 0.2) is 15.8 Å². The minimum atomic E-state index is -2.82. The molecule has 31 heavy (non-hydrogen) atoms. The lowest BCUT2D eigenvalue weighted by Gasteiger charge is -2.25. The normalized spacial score (nSPS) is 20.5. The van der Waals surface area contributed by atoms with Crippen molar-refractivity contribution in [3.05, 3.63) is 63.7 Å². The number of hydrogen-bond donors (Lipinski definition) is 1. The van der Waals surface area contributed by atoms with Crippen LogP contribution in [0.3, 0.4) is 0 Å². The van der Waals surface area contributed by atoms with Gasteiger partial charge in [0.05, 0.1) is 23.7 Å². The summed E-state index contributed by atoms with van der Waals surface area (Å²) in [6.45, 7) is 13.6. The number of rotatable bonds is 6. The Morgan fingerprint density at radius 3 is 2.45 bits per heavy atom. The van der Waals surface area contributed by atoms with E-state index in [9.17, 15) is 9.32 Å². The molecule has 0 radical (unpaired) electrons. The largest absolute Gasteiger partial charge is 0.386 e. The standard InChI is InChI=1S/C25H32N2O3S/c1-15(2)20-10-17-13-30-14-22(17)24(16(3)4)21(20)12-23-26-31(29,27-23)19-9-7-8-18(11-19)25(5,6)28/h7-11,15-16,28H,12-14H2,1-6H3. The smallest absolute Gasteiger partial charge is 0.187 e. The van der Waals surface area contributed by atoms with Gasteiger partial charge in [0.25, 0.3) is 0 Å². The van der Waals surface area contributed by atoms with Crippen LogP contribution in [0.5, 0.6) is 0 Å². The first-order chi connectivity index (χ1) is 14.5. The number of hydrogen-bond acceptors (Lipinski definition) is 4. The second-order valence-corrected chi connectivity index (χ2v) is 11.5. The molecule has 2 aliphatic heterocycles. The molecule has 2 aromatic rings. The van der Waals surface area contributed by atoms with Crippen LogP contribution in [0, 0.1) is 0 Å². The van der Waals surface area contributed by atoms with E-state index in [2.05, 4.69) is 42.5 Å². The van der Waals surface area contributed by atoms with Crippen molar-refractivity contribution >= 4 is 15.8 Å². The van der Waals surface area contributed by atoms with Crippen molar-refractivity contribution in [3.8, 4) is 0 Å². The molecule has 6 heteroatoms. The Morgan fingerprint density at radius 2 is 1.84 bits per heavy atom. The highest BCUT2D eigenvalue weighted by atomic mass is 32.2. The Kier molecular flexibility index (Phi) is 5.61. The number of nitrogens with zero attached hydrogens (tertiary/aromatic N) is 2. The monoisotopic (exact) mass is 440 g/mol. The molecule has 1 atom stereocenters. The maximum atomic E-state index is 13.3. The number of benzene rings is 2. The second kappa shape index (κ2) is 7.84. The van der Waals surface area contributed by atoms with E-state index in [1.54, 1.807) is 32.0 Å². The van der Waals surface area contributed by atoms with Crippen LogP contribution < -0.4 is 0 Å². The van der Waals surface area contributed by atoms with Crippen LogP contribution in [0.15, 0.2) is 44.0 Å². The van der Waals surface area contributed by atoms with Crippen molar-refractivity contribution in [2.75, 3.05) is 0 Å². The first-order valence-corrected chi connectivity index (χ1v) is 12.4. The van der Waals surface area contributed by atoms with Crippen LogP contribution in [0.4, 0.5) is 0 Å². The lowest BCUT2D eigenvalue weighted by molar-refractivity contribution is 0.0784. The van der Waals surface area contributed by atoms with Gasteiger partial charge in [0.1, 0.15) is 0 Å². The summed E-state index contributed by atoms with van der Waals surface area (Å²) in [5.41, 5.74) is 6.17. The van der Waals surface area contributed by atoms with Gasteiger partial charge in [0.2, 0.25) is 0 Å². The van der Waals surface area contributed by atoms with Crippen molar-refractivity contribution in [1.82, 2.24) is 0 Å². The molecule has 2 aromatic carbocycles. The minimum absolute atomic E-state index is 0.359. The van der Waals surface area contributed by atoms with E-state index in [1.807, 2.05) is 6.07 Å². The van der Waals surface area contributed by atoms with E-state index in [0.717, 1.165) is 0 Å². The van der Waals surface area contributed by atoms with Crippen molar-refractivity contribution in [2.45, 2.75) is 83.5 Å². The van der Waals surface area contributed by atoms with E-state index in [1.165, 1.54) is 27.8 Å². The summed E-state index contributed by atoms with van der Waals surface area (Å²) in [5.74, 6) is 1.35. The lowest BCUT2D eigenvalue weighted by atomic mass is 9.82. The van der Waals surface area contributed by atoms with E-state index < -0.39 is 15.5 Å². The Morgan fingerprint density at radius 1 is 1.13 bits per heavy atom. The van der Waals surface area contributed by atoms with Crippen molar-refractivity contribution in [3.63, 3.8) is 0 Å². The number of amidine groups is 1. The fraction of sp³-hybridized carbons (Fsp3) is 0.480. The minimum Gasteiger partial charge on any atom is -0.386 e. The van der Waals surface area contributed by atoms with Gasteiger partial charge in [-0.3, -0.25) is 0 Å². The van der Waals surface area contributed by atoms with Gasteiger partial charge >= 0.3 is 0 Å². The van der Waals surface area contributed by atoms with Crippen LogP contribution >= 0.6 is 0 Å². The zero-order chi connectivity index (χ0) is 22.6. The Labute approximate surface area is 185 Å². The summed E-state index contributed by atoms with van der Waals surface area (Å²) in [6.07, 6.45) is 0.580. The zero-order valence-corrected chi connectivity index (χ0v) is 20.0. The summed E-state index contributed by atoms with van der Waals surface area (Å²) < 4.78 is 28.0. The zero-order valence-electron chi connectivity index (χ0n) is 19.2. The van der Waals surface area contributed by atoms with Crippen molar-refractivity contribution in [1.29, 1.82) is 0 Å². The quantitative estimate of drug-likeness (QED) is 0.637. The third-order valence-electron chi connectivity index (χ3n) is 6.06. The molecule has 0 aromatic heterocycles. The van der Waals surface area contributed by atoms with Crippen LogP contribution in [-0.2, 0) is 39.9 Å². The average Bonchev–Trinajstić information content (AvgIpc) is 3.13. The first kappa shape index (κ1) is 22.2. The van der Waals surface area contributed by atoms with Gasteiger partial charge in [-0.15, -0.1) is 0 Å². The second-order valence-electron chi connectivity index (χ2n) is 9.66. The molecule has 0 bridgehead atoms. The van der Waals surface area contributed by atoms with Gasteiger partial charge in [-0.05, 0) is 71.2 Å². The molecule has 2 heterocycles.